The minimum absolute atomic E-state index is 0.0160. The summed E-state index contributed by atoms with van der Waals surface area (Å²) in [5.41, 5.74) is 2.61. The normalized spacial score (nSPS) is 11.1. The molecule has 0 saturated heterocycles. The van der Waals surface area contributed by atoms with Crippen LogP contribution in [0, 0.1) is 0 Å². The molecule has 1 heterocycles. The van der Waals surface area contributed by atoms with Crippen molar-refractivity contribution in [1.29, 1.82) is 0 Å². The third kappa shape index (κ3) is 4.65. The second kappa shape index (κ2) is 8.45. The summed E-state index contributed by atoms with van der Waals surface area (Å²) in [6.45, 7) is 1.38. The topological polar surface area (TPSA) is 101 Å². The molecule has 0 aliphatic carbocycles. The maximum Gasteiger partial charge on any atom is 0.310 e. The summed E-state index contributed by atoms with van der Waals surface area (Å²) < 4.78 is 33.9. The Morgan fingerprint density at radius 2 is 1.42 bits per heavy atom. The summed E-state index contributed by atoms with van der Waals surface area (Å²) >= 11 is 0. The van der Waals surface area contributed by atoms with E-state index in [2.05, 4.69) is 15.0 Å². The Hall–Kier alpha value is -3.91. The van der Waals surface area contributed by atoms with Gasteiger partial charge in [-0.1, -0.05) is 60.7 Å². The van der Waals surface area contributed by atoms with Crippen LogP contribution in [0.3, 0.4) is 0 Å². The third-order valence-corrected chi connectivity index (χ3v) is 5.75. The average molecular weight is 433 g/mol. The smallest absolute Gasteiger partial charge is 0.310 e. The van der Waals surface area contributed by atoms with Crippen LogP contribution < -0.4 is 10.0 Å². The van der Waals surface area contributed by atoms with Gasteiger partial charge in [-0.2, -0.15) is 4.98 Å². The summed E-state index contributed by atoms with van der Waals surface area (Å²) in [7, 11) is -3.95. The van der Waals surface area contributed by atoms with Crippen molar-refractivity contribution in [2.75, 3.05) is 10.0 Å². The molecule has 0 aliphatic heterocycles. The molecule has 1 amide bonds. The lowest BCUT2D eigenvalue weighted by molar-refractivity contribution is -0.114. The second-order valence-electron chi connectivity index (χ2n) is 6.74. The van der Waals surface area contributed by atoms with E-state index in [-0.39, 0.29) is 16.8 Å². The van der Waals surface area contributed by atoms with E-state index < -0.39 is 10.0 Å². The fourth-order valence-electron chi connectivity index (χ4n) is 3.04. The molecule has 0 unspecified atom stereocenters. The van der Waals surface area contributed by atoms with Gasteiger partial charge in [0.25, 0.3) is 10.0 Å². The third-order valence-electron chi connectivity index (χ3n) is 4.42. The van der Waals surface area contributed by atoms with Gasteiger partial charge in [-0.25, -0.2) is 13.1 Å². The summed E-state index contributed by atoms with van der Waals surface area (Å²) in [4.78, 5) is 15.6. The second-order valence-corrected chi connectivity index (χ2v) is 8.42. The number of nitrogens with one attached hydrogen (secondary N) is 2. The molecule has 0 atom stereocenters. The van der Waals surface area contributed by atoms with Gasteiger partial charge in [0.15, 0.2) is 5.76 Å². The first-order valence-corrected chi connectivity index (χ1v) is 10.9. The van der Waals surface area contributed by atoms with Gasteiger partial charge in [-0.05, 0) is 24.3 Å². The van der Waals surface area contributed by atoms with Gasteiger partial charge in [0.2, 0.25) is 5.91 Å². The van der Waals surface area contributed by atoms with Crippen molar-refractivity contribution in [3.05, 3.63) is 84.9 Å². The van der Waals surface area contributed by atoms with Crippen molar-refractivity contribution in [3.63, 3.8) is 0 Å². The minimum atomic E-state index is -3.95. The molecule has 8 heteroatoms. The number of oxazole rings is 1. The Morgan fingerprint density at radius 3 is 2.00 bits per heavy atom. The zero-order valence-electron chi connectivity index (χ0n) is 16.6. The van der Waals surface area contributed by atoms with Crippen molar-refractivity contribution in [2.24, 2.45) is 0 Å². The maximum absolute atomic E-state index is 12.8. The fourth-order valence-corrected chi connectivity index (χ4v) is 3.96. The Kier molecular flexibility index (Phi) is 5.55. The molecule has 0 radical (unpaired) electrons. The van der Waals surface area contributed by atoms with E-state index in [1.807, 2.05) is 60.7 Å². The van der Waals surface area contributed by atoms with E-state index in [4.69, 9.17) is 4.42 Å². The van der Waals surface area contributed by atoms with Crippen LogP contribution in [0.2, 0.25) is 0 Å². The molecular weight excluding hydrogens is 414 g/mol. The Balaban J connectivity index is 1.68. The molecule has 0 aliphatic rings. The zero-order chi connectivity index (χ0) is 21.8. The van der Waals surface area contributed by atoms with Crippen LogP contribution in [-0.4, -0.2) is 19.3 Å². The summed E-state index contributed by atoms with van der Waals surface area (Å²) in [6, 6.07) is 24.4. The molecule has 0 bridgehead atoms. The first-order chi connectivity index (χ1) is 14.9. The monoisotopic (exact) mass is 433 g/mol. The van der Waals surface area contributed by atoms with E-state index in [1.165, 1.54) is 31.2 Å². The van der Waals surface area contributed by atoms with Gasteiger partial charge in [-0.15, -0.1) is 0 Å². The predicted octanol–water partition coefficient (Wildman–Crippen LogP) is 4.77. The van der Waals surface area contributed by atoms with Crippen molar-refractivity contribution < 1.29 is 17.6 Å². The van der Waals surface area contributed by atoms with Crippen molar-refractivity contribution >= 4 is 27.6 Å². The molecule has 1 aromatic heterocycles. The number of carbonyl (C=O) groups is 1. The number of benzene rings is 3. The van der Waals surface area contributed by atoms with Crippen LogP contribution in [0.4, 0.5) is 11.7 Å². The van der Waals surface area contributed by atoms with Crippen LogP contribution in [0.1, 0.15) is 6.92 Å². The summed E-state index contributed by atoms with van der Waals surface area (Å²) in [5.74, 6) is 0.223. The largest absolute Gasteiger partial charge is 0.422 e. The average Bonchev–Trinajstić information content (AvgIpc) is 3.18. The highest BCUT2D eigenvalue weighted by molar-refractivity contribution is 7.92. The van der Waals surface area contributed by atoms with Crippen molar-refractivity contribution in [3.8, 4) is 22.6 Å². The van der Waals surface area contributed by atoms with Gasteiger partial charge < -0.3 is 9.73 Å². The first-order valence-electron chi connectivity index (χ1n) is 9.44. The molecule has 31 heavy (non-hydrogen) atoms. The fraction of sp³-hybridized carbons (Fsp3) is 0.0435. The summed E-state index contributed by atoms with van der Waals surface area (Å²) in [6.07, 6.45) is 0. The lowest BCUT2D eigenvalue weighted by Gasteiger charge is -2.06. The van der Waals surface area contributed by atoms with Gasteiger partial charge in [0.05, 0.1) is 4.90 Å². The van der Waals surface area contributed by atoms with Gasteiger partial charge >= 0.3 is 6.01 Å². The van der Waals surface area contributed by atoms with E-state index in [0.717, 1.165) is 11.1 Å². The van der Waals surface area contributed by atoms with Gasteiger partial charge in [-0.3, -0.25) is 4.79 Å². The lowest BCUT2D eigenvalue weighted by Crippen LogP contribution is -2.13. The first kappa shape index (κ1) is 20.4. The van der Waals surface area contributed by atoms with Crippen LogP contribution >= 0.6 is 0 Å². The number of hydrogen-bond acceptors (Lipinski definition) is 5. The highest BCUT2D eigenvalue weighted by atomic mass is 32.2. The van der Waals surface area contributed by atoms with E-state index >= 15 is 0 Å². The maximum atomic E-state index is 12.8. The number of aromatic nitrogens is 1. The van der Waals surface area contributed by atoms with E-state index in [1.54, 1.807) is 0 Å². The molecule has 3 aromatic carbocycles. The molecule has 0 spiro atoms. The molecule has 0 fully saturated rings. The number of nitrogens with zero attached hydrogens (tertiary/aromatic N) is 1. The van der Waals surface area contributed by atoms with Crippen LogP contribution in [0.25, 0.3) is 22.6 Å². The van der Waals surface area contributed by atoms with Crippen LogP contribution in [0.15, 0.2) is 94.2 Å². The van der Waals surface area contributed by atoms with Crippen molar-refractivity contribution in [1.82, 2.24) is 4.98 Å². The zero-order valence-corrected chi connectivity index (χ0v) is 17.4. The number of sulfonamides is 1. The molecule has 2 N–H and O–H groups in total. The van der Waals surface area contributed by atoms with Crippen LogP contribution in [0.5, 0.6) is 0 Å². The highest BCUT2D eigenvalue weighted by Crippen LogP contribution is 2.34. The molecule has 156 valence electrons. The number of anilines is 2. The van der Waals surface area contributed by atoms with Gasteiger partial charge in [0.1, 0.15) is 5.69 Å². The molecular formula is C23H19N3O4S. The molecule has 7 nitrogen and oxygen atoms in total. The quantitative estimate of drug-likeness (QED) is 0.456. The Labute approximate surface area is 179 Å². The number of rotatable bonds is 6. The van der Waals surface area contributed by atoms with E-state index in [9.17, 15) is 13.2 Å². The standard InChI is InChI=1S/C23H19N3O4S/c1-16(27)24-19-12-14-20(15-13-19)31(28,29)26-23-25-21(17-8-4-2-5-9-17)22(30-23)18-10-6-3-7-11-18/h2-15H,1H3,(H,24,27)(H,25,26). The number of hydrogen-bond donors (Lipinski definition) is 2. The van der Waals surface area contributed by atoms with Gasteiger partial charge in [0, 0.05) is 23.7 Å². The lowest BCUT2D eigenvalue weighted by atomic mass is 10.1. The summed E-state index contributed by atoms with van der Waals surface area (Å²) in [5, 5.41) is 2.60. The minimum Gasteiger partial charge on any atom is -0.422 e. The van der Waals surface area contributed by atoms with E-state index in [0.29, 0.717) is 17.1 Å². The highest BCUT2D eigenvalue weighted by Gasteiger charge is 2.22. The predicted molar refractivity (Wildman–Crippen MR) is 119 cm³/mol. The SMILES string of the molecule is CC(=O)Nc1ccc(S(=O)(=O)Nc2nc(-c3ccccc3)c(-c3ccccc3)o2)cc1. The Morgan fingerprint density at radius 1 is 0.839 bits per heavy atom. The molecule has 0 saturated carbocycles. The number of carbonyl (C=O) groups excluding carboxylic acids is 1. The number of amides is 1. The Bertz CT molecular complexity index is 1240. The van der Waals surface area contributed by atoms with Crippen LogP contribution in [-0.2, 0) is 14.8 Å². The molecule has 4 aromatic rings. The molecule has 4 rings (SSSR count). The van der Waals surface area contributed by atoms with Crippen molar-refractivity contribution in [2.45, 2.75) is 11.8 Å².